The van der Waals surface area contributed by atoms with E-state index in [4.69, 9.17) is 4.98 Å². The highest BCUT2D eigenvalue weighted by atomic mass is 16.2. The maximum Gasteiger partial charge on any atom is 0.222 e. The molecule has 0 aromatic carbocycles. The minimum Gasteiger partial charge on any atom is -0.353 e. The lowest BCUT2D eigenvalue weighted by Gasteiger charge is -2.37. The van der Waals surface area contributed by atoms with Gasteiger partial charge >= 0.3 is 0 Å². The molecule has 0 spiro atoms. The lowest BCUT2D eigenvalue weighted by molar-refractivity contribution is -0.132. The van der Waals surface area contributed by atoms with E-state index in [0.29, 0.717) is 18.3 Å². The number of hydrogen-bond acceptors (Lipinski definition) is 4. The Bertz CT molecular complexity index is 560. The lowest BCUT2D eigenvalue weighted by atomic mass is 10.0. The average Bonchev–Trinajstić information content (AvgIpc) is 2.45. The Morgan fingerprint density at radius 1 is 1.04 bits per heavy atom. The molecule has 2 heterocycles. The molecule has 1 amide bonds. The predicted octanol–water partition coefficient (Wildman–Crippen LogP) is 2.91. The molecule has 0 radical (unpaired) electrons. The molecule has 1 fully saturated rings. The summed E-state index contributed by atoms with van der Waals surface area (Å²) in [6.07, 6.45) is 0.642. The van der Waals surface area contributed by atoms with Gasteiger partial charge in [-0.3, -0.25) is 4.79 Å². The van der Waals surface area contributed by atoms with Gasteiger partial charge in [0.2, 0.25) is 5.91 Å². The van der Waals surface area contributed by atoms with Crippen LogP contribution in [0.25, 0.3) is 0 Å². The van der Waals surface area contributed by atoms with Crippen LogP contribution in [0.4, 0.5) is 5.82 Å². The van der Waals surface area contributed by atoms with Gasteiger partial charge in [-0.05, 0) is 25.7 Å². The Hall–Kier alpha value is -1.65. The molecule has 1 saturated heterocycles. The van der Waals surface area contributed by atoms with Crippen LogP contribution in [0.3, 0.4) is 0 Å². The fourth-order valence-corrected chi connectivity index (χ4v) is 3.27. The third-order valence-corrected chi connectivity index (χ3v) is 4.32. The second-order valence-electron chi connectivity index (χ2n) is 7.21. The van der Waals surface area contributed by atoms with Gasteiger partial charge in [0.15, 0.2) is 0 Å². The molecule has 5 heteroatoms. The first-order valence-electron chi connectivity index (χ1n) is 8.67. The van der Waals surface area contributed by atoms with Gasteiger partial charge in [0.05, 0.1) is 0 Å². The molecule has 0 aliphatic carbocycles. The summed E-state index contributed by atoms with van der Waals surface area (Å²) in [6, 6.07) is 0. The van der Waals surface area contributed by atoms with Crippen molar-refractivity contribution in [3.05, 3.63) is 17.1 Å². The van der Waals surface area contributed by atoms with Gasteiger partial charge in [0.1, 0.15) is 11.6 Å². The number of hydrogen-bond donors (Lipinski definition) is 0. The summed E-state index contributed by atoms with van der Waals surface area (Å²) in [5, 5.41) is 0. The number of nitrogens with zero attached hydrogens (tertiary/aromatic N) is 4. The van der Waals surface area contributed by atoms with E-state index in [-0.39, 0.29) is 5.91 Å². The number of carbonyl (C=O) groups excluding carboxylic acids is 1. The van der Waals surface area contributed by atoms with Crippen molar-refractivity contribution in [2.45, 2.75) is 53.9 Å². The second kappa shape index (κ2) is 7.28. The molecule has 1 aliphatic heterocycles. The average molecular weight is 318 g/mol. The van der Waals surface area contributed by atoms with Gasteiger partial charge in [-0.1, -0.05) is 27.7 Å². The first-order chi connectivity index (χ1) is 10.8. The quantitative estimate of drug-likeness (QED) is 0.856. The molecule has 1 aromatic rings. The number of aromatic nitrogens is 2. The van der Waals surface area contributed by atoms with Crippen LogP contribution in [0.5, 0.6) is 0 Å². The molecule has 1 aromatic heterocycles. The Morgan fingerprint density at radius 2 is 1.65 bits per heavy atom. The van der Waals surface area contributed by atoms with Gasteiger partial charge in [-0.2, -0.15) is 0 Å². The fraction of sp³-hybridized carbons (Fsp3) is 0.722. The molecular weight excluding hydrogens is 288 g/mol. The van der Waals surface area contributed by atoms with Crippen LogP contribution in [0.2, 0.25) is 0 Å². The minimum absolute atomic E-state index is 0.277. The molecule has 2 rings (SSSR count). The number of anilines is 1. The molecule has 0 saturated carbocycles. The molecule has 23 heavy (non-hydrogen) atoms. The van der Waals surface area contributed by atoms with E-state index < -0.39 is 0 Å². The largest absolute Gasteiger partial charge is 0.353 e. The van der Waals surface area contributed by atoms with Crippen molar-refractivity contribution < 1.29 is 4.79 Å². The van der Waals surface area contributed by atoms with E-state index in [9.17, 15) is 4.79 Å². The van der Waals surface area contributed by atoms with Crippen LogP contribution < -0.4 is 4.90 Å². The van der Waals surface area contributed by atoms with Gasteiger partial charge in [0, 0.05) is 43.9 Å². The van der Waals surface area contributed by atoms with E-state index in [1.807, 2.05) is 11.8 Å². The Morgan fingerprint density at radius 3 is 2.17 bits per heavy atom. The van der Waals surface area contributed by atoms with Crippen LogP contribution >= 0.6 is 0 Å². The van der Waals surface area contributed by atoms with Gasteiger partial charge in [0.25, 0.3) is 0 Å². The van der Waals surface area contributed by atoms with E-state index in [1.165, 1.54) is 5.56 Å². The Balaban J connectivity index is 2.13. The van der Waals surface area contributed by atoms with E-state index in [0.717, 1.165) is 43.5 Å². The van der Waals surface area contributed by atoms with Crippen LogP contribution in [-0.4, -0.2) is 47.0 Å². The van der Waals surface area contributed by atoms with E-state index >= 15 is 0 Å². The number of carbonyl (C=O) groups is 1. The van der Waals surface area contributed by atoms with E-state index in [2.05, 4.69) is 44.5 Å². The van der Waals surface area contributed by atoms with E-state index in [1.54, 1.807) is 0 Å². The zero-order chi connectivity index (χ0) is 17.1. The second-order valence-corrected chi connectivity index (χ2v) is 7.21. The molecule has 5 nitrogen and oxygen atoms in total. The standard InChI is InChI=1S/C18H30N4O/c1-12(2)11-16(23)21-7-9-22(10-8-21)18-17(13(3)4)14(5)19-15(6)20-18/h12-13H,7-11H2,1-6H3. The predicted molar refractivity (Wildman–Crippen MR) is 93.8 cm³/mol. The number of amides is 1. The highest BCUT2D eigenvalue weighted by Crippen LogP contribution is 2.29. The summed E-state index contributed by atoms with van der Waals surface area (Å²) in [6.45, 7) is 15.8. The summed E-state index contributed by atoms with van der Waals surface area (Å²) >= 11 is 0. The summed E-state index contributed by atoms with van der Waals surface area (Å²) in [5.41, 5.74) is 2.30. The monoisotopic (exact) mass is 318 g/mol. The van der Waals surface area contributed by atoms with Crippen molar-refractivity contribution in [1.82, 2.24) is 14.9 Å². The maximum absolute atomic E-state index is 12.2. The normalized spacial score (nSPS) is 15.7. The van der Waals surface area contributed by atoms with Crippen LogP contribution in [-0.2, 0) is 4.79 Å². The molecule has 1 aliphatic rings. The molecule has 0 bridgehead atoms. The molecule has 0 atom stereocenters. The number of aryl methyl sites for hydroxylation is 2. The Labute approximate surface area is 140 Å². The third-order valence-electron chi connectivity index (χ3n) is 4.32. The zero-order valence-electron chi connectivity index (χ0n) is 15.4. The summed E-state index contributed by atoms with van der Waals surface area (Å²) in [5.74, 6) is 2.96. The third kappa shape index (κ3) is 4.21. The smallest absolute Gasteiger partial charge is 0.222 e. The van der Waals surface area contributed by atoms with Crippen LogP contribution in [0.1, 0.15) is 57.1 Å². The summed E-state index contributed by atoms with van der Waals surface area (Å²) in [7, 11) is 0. The van der Waals surface area contributed by atoms with Crippen molar-refractivity contribution in [1.29, 1.82) is 0 Å². The zero-order valence-corrected chi connectivity index (χ0v) is 15.4. The number of piperazine rings is 1. The topological polar surface area (TPSA) is 49.3 Å². The minimum atomic E-state index is 0.277. The highest BCUT2D eigenvalue weighted by molar-refractivity contribution is 5.76. The first kappa shape index (κ1) is 17.7. The fourth-order valence-electron chi connectivity index (χ4n) is 3.27. The summed E-state index contributed by atoms with van der Waals surface area (Å²) < 4.78 is 0. The molecule has 0 unspecified atom stereocenters. The molecule has 0 N–H and O–H groups in total. The van der Waals surface area contributed by atoms with Crippen LogP contribution in [0, 0.1) is 19.8 Å². The van der Waals surface area contributed by atoms with Crippen molar-refractivity contribution in [2.75, 3.05) is 31.1 Å². The van der Waals surface area contributed by atoms with Gasteiger partial charge < -0.3 is 9.80 Å². The lowest BCUT2D eigenvalue weighted by Crippen LogP contribution is -2.49. The summed E-state index contributed by atoms with van der Waals surface area (Å²) in [4.78, 5) is 25.8. The number of rotatable bonds is 4. The van der Waals surface area contributed by atoms with Crippen molar-refractivity contribution in [2.24, 2.45) is 5.92 Å². The maximum atomic E-state index is 12.2. The van der Waals surface area contributed by atoms with Crippen molar-refractivity contribution >= 4 is 11.7 Å². The molecular formula is C18H30N4O. The SMILES string of the molecule is Cc1nc(C)c(C(C)C)c(N2CCN(C(=O)CC(C)C)CC2)n1. The van der Waals surface area contributed by atoms with Crippen LogP contribution in [0.15, 0.2) is 0 Å². The first-order valence-corrected chi connectivity index (χ1v) is 8.67. The Kier molecular flexibility index (Phi) is 5.60. The van der Waals surface area contributed by atoms with Crippen molar-refractivity contribution in [3.8, 4) is 0 Å². The van der Waals surface area contributed by atoms with Gasteiger partial charge in [-0.25, -0.2) is 9.97 Å². The van der Waals surface area contributed by atoms with Crippen molar-refractivity contribution in [3.63, 3.8) is 0 Å². The molecule has 128 valence electrons. The highest BCUT2D eigenvalue weighted by Gasteiger charge is 2.25. The van der Waals surface area contributed by atoms with Gasteiger partial charge in [-0.15, -0.1) is 0 Å².